The first-order chi connectivity index (χ1) is 9.15. The van der Waals surface area contributed by atoms with E-state index in [1.165, 1.54) is 5.56 Å². The second-order valence-electron chi connectivity index (χ2n) is 5.16. The largest absolute Gasteiger partial charge is 0.392 e. The number of thiophene rings is 1. The summed E-state index contributed by atoms with van der Waals surface area (Å²) in [5.41, 5.74) is 1.26. The number of β-amino-alcohol motifs (C(OH)–C–C–N with tert-alkyl or cyclic N) is 1. The average molecular weight is 282 g/mol. The summed E-state index contributed by atoms with van der Waals surface area (Å²) in [6.45, 7) is 5.82. The fraction of sp³-hybridized carbons (Fsp3) is 0.643. The van der Waals surface area contributed by atoms with Crippen LogP contribution in [0.2, 0.25) is 0 Å². The maximum atomic E-state index is 12.1. The summed E-state index contributed by atoms with van der Waals surface area (Å²) < 4.78 is 0. The van der Waals surface area contributed by atoms with Crippen molar-refractivity contribution in [3.05, 3.63) is 22.4 Å². The molecule has 0 saturated carbocycles. The van der Waals surface area contributed by atoms with Crippen molar-refractivity contribution in [1.82, 2.24) is 9.80 Å². The lowest BCUT2D eigenvalue weighted by Crippen LogP contribution is -2.50. The minimum Gasteiger partial charge on any atom is -0.392 e. The van der Waals surface area contributed by atoms with E-state index in [-0.39, 0.29) is 12.0 Å². The normalized spacial score (nSPS) is 18.5. The molecule has 1 aromatic rings. The van der Waals surface area contributed by atoms with Gasteiger partial charge in [-0.1, -0.05) is 0 Å². The number of hydrogen-bond donors (Lipinski definition) is 1. The van der Waals surface area contributed by atoms with Crippen LogP contribution in [0.5, 0.6) is 0 Å². The Balaban J connectivity index is 1.70. The fourth-order valence-electron chi connectivity index (χ4n) is 2.40. The van der Waals surface area contributed by atoms with E-state index in [0.717, 1.165) is 32.6 Å². The number of carbonyl (C=O) groups excluding carboxylic acids is 1. The highest BCUT2D eigenvalue weighted by molar-refractivity contribution is 7.07. The van der Waals surface area contributed by atoms with Gasteiger partial charge in [0.25, 0.3) is 0 Å². The standard InChI is InChI=1S/C14H22N2O2S/c1-12(17)10-15-5-7-16(8-6-15)14(18)3-2-13-4-9-19-11-13/h4,9,11-12,17H,2-3,5-8,10H2,1H3/t12-/m0/s1. The third-order valence-electron chi connectivity index (χ3n) is 3.46. The Morgan fingerprint density at radius 2 is 2.16 bits per heavy atom. The van der Waals surface area contributed by atoms with Gasteiger partial charge >= 0.3 is 0 Å². The predicted octanol–water partition coefficient (Wildman–Crippen LogP) is 1.21. The van der Waals surface area contributed by atoms with Gasteiger partial charge in [0.2, 0.25) is 5.91 Å². The lowest BCUT2D eigenvalue weighted by molar-refractivity contribution is -0.133. The van der Waals surface area contributed by atoms with Crippen molar-refractivity contribution in [3.8, 4) is 0 Å². The molecule has 0 unspecified atom stereocenters. The number of aliphatic hydroxyl groups excluding tert-OH is 1. The maximum Gasteiger partial charge on any atom is 0.222 e. The molecule has 19 heavy (non-hydrogen) atoms. The third-order valence-corrected chi connectivity index (χ3v) is 4.19. The summed E-state index contributed by atoms with van der Waals surface area (Å²) >= 11 is 1.68. The van der Waals surface area contributed by atoms with E-state index < -0.39 is 0 Å². The number of aliphatic hydroxyl groups is 1. The molecular formula is C14H22N2O2S. The smallest absolute Gasteiger partial charge is 0.222 e. The minimum absolute atomic E-state index is 0.253. The number of piperazine rings is 1. The second-order valence-corrected chi connectivity index (χ2v) is 5.94. The van der Waals surface area contributed by atoms with Gasteiger partial charge in [-0.3, -0.25) is 9.69 Å². The molecule has 1 atom stereocenters. The molecule has 1 saturated heterocycles. The Labute approximate surface area is 118 Å². The molecule has 106 valence electrons. The molecule has 0 spiro atoms. The average Bonchev–Trinajstić information content (AvgIpc) is 2.89. The van der Waals surface area contributed by atoms with Gasteiger partial charge in [-0.2, -0.15) is 11.3 Å². The molecule has 4 nitrogen and oxygen atoms in total. The molecule has 1 N–H and O–H groups in total. The molecule has 1 fully saturated rings. The van der Waals surface area contributed by atoms with E-state index in [0.29, 0.717) is 13.0 Å². The highest BCUT2D eigenvalue weighted by Gasteiger charge is 2.21. The first kappa shape index (κ1) is 14.5. The molecule has 2 rings (SSSR count). The molecule has 0 aromatic carbocycles. The lowest BCUT2D eigenvalue weighted by Gasteiger charge is -2.35. The first-order valence-corrected chi connectivity index (χ1v) is 7.78. The van der Waals surface area contributed by atoms with Gasteiger partial charge in [0.15, 0.2) is 0 Å². The van der Waals surface area contributed by atoms with Crippen molar-refractivity contribution in [1.29, 1.82) is 0 Å². The Bertz CT molecular complexity index is 384. The van der Waals surface area contributed by atoms with Crippen LogP contribution in [0.15, 0.2) is 16.8 Å². The Kier molecular flexibility index (Phi) is 5.36. The summed E-state index contributed by atoms with van der Waals surface area (Å²) in [6, 6.07) is 2.08. The van der Waals surface area contributed by atoms with Crippen molar-refractivity contribution < 1.29 is 9.90 Å². The number of rotatable bonds is 5. The van der Waals surface area contributed by atoms with Crippen molar-refractivity contribution in [2.75, 3.05) is 32.7 Å². The highest BCUT2D eigenvalue weighted by atomic mass is 32.1. The SMILES string of the molecule is C[C@H](O)CN1CCN(C(=O)CCc2ccsc2)CC1. The molecule has 1 amide bonds. The number of hydrogen-bond acceptors (Lipinski definition) is 4. The summed E-state index contributed by atoms with van der Waals surface area (Å²) in [6.07, 6.45) is 1.16. The lowest BCUT2D eigenvalue weighted by atomic mass is 10.1. The van der Waals surface area contributed by atoms with Crippen LogP contribution in [0.3, 0.4) is 0 Å². The topological polar surface area (TPSA) is 43.8 Å². The zero-order valence-corrected chi connectivity index (χ0v) is 12.2. The zero-order valence-electron chi connectivity index (χ0n) is 11.4. The summed E-state index contributed by atoms with van der Waals surface area (Å²) in [5.74, 6) is 0.253. The summed E-state index contributed by atoms with van der Waals surface area (Å²) in [7, 11) is 0. The molecular weight excluding hydrogens is 260 g/mol. The Hall–Kier alpha value is -0.910. The third kappa shape index (κ3) is 4.60. The zero-order chi connectivity index (χ0) is 13.7. The summed E-state index contributed by atoms with van der Waals surface area (Å²) in [4.78, 5) is 16.2. The van der Waals surface area contributed by atoms with Crippen LogP contribution in [0, 0.1) is 0 Å². The van der Waals surface area contributed by atoms with Crippen LogP contribution >= 0.6 is 11.3 Å². The van der Waals surface area contributed by atoms with Crippen LogP contribution in [0.25, 0.3) is 0 Å². The van der Waals surface area contributed by atoms with E-state index in [1.54, 1.807) is 18.3 Å². The predicted molar refractivity (Wildman–Crippen MR) is 77.3 cm³/mol. The maximum absolute atomic E-state index is 12.1. The van der Waals surface area contributed by atoms with Crippen molar-refractivity contribution in [2.45, 2.75) is 25.9 Å². The van der Waals surface area contributed by atoms with E-state index >= 15 is 0 Å². The van der Waals surface area contributed by atoms with Gasteiger partial charge < -0.3 is 10.0 Å². The van der Waals surface area contributed by atoms with Gasteiger partial charge in [0, 0.05) is 39.1 Å². The molecule has 0 bridgehead atoms. The van der Waals surface area contributed by atoms with Crippen molar-refractivity contribution in [3.63, 3.8) is 0 Å². The number of carbonyl (C=O) groups is 1. The Morgan fingerprint density at radius 1 is 1.42 bits per heavy atom. The first-order valence-electron chi connectivity index (χ1n) is 6.84. The molecule has 1 aromatic heterocycles. The Morgan fingerprint density at radius 3 is 2.74 bits per heavy atom. The number of nitrogens with zero attached hydrogens (tertiary/aromatic N) is 2. The van der Waals surface area contributed by atoms with E-state index in [2.05, 4.69) is 21.7 Å². The van der Waals surface area contributed by atoms with Gasteiger partial charge in [0.05, 0.1) is 6.10 Å². The molecule has 5 heteroatoms. The van der Waals surface area contributed by atoms with Crippen molar-refractivity contribution >= 4 is 17.2 Å². The van der Waals surface area contributed by atoms with E-state index in [1.807, 2.05) is 4.90 Å². The van der Waals surface area contributed by atoms with Gasteiger partial charge in [-0.05, 0) is 35.7 Å². The van der Waals surface area contributed by atoms with Crippen LogP contribution in [0.1, 0.15) is 18.9 Å². The van der Waals surface area contributed by atoms with Gasteiger partial charge in [-0.15, -0.1) is 0 Å². The highest BCUT2D eigenvalue weighted by Crippen LogP contribution is 2.11. The molecule has 0 aliphatic carbocycles. The van der Waals surface area contributed by atoms with Crippen LogP contribution in [0.4, 0.5) is 0 Å². The second kappa shape index (κ2) is 7.03. The van der Waals surface area contributed by atoms with E-state index in [4.69, 9.17) is 0 Å². The summed E-state index contributed by atoms with van der Waals surface area (Å²) in [5, 5.41) is 13.5. The number of amides is 1. The van der Waals surface area contributed by atoms with Crippen LogP contribution < -0.4 is 0 Å². The van der Waals surface area contributed by atoms with Crippen LogP contribution in [-0.4, -0.2) is 59.6 Å². The molecule has 1 aliphatic heterocycles. The fourth-order valence-corrected chi connectivity index (χ4v) is 3.10. The molecule has 0 radical (unpaired) electrons. The van der Waals surface area contributed by atoms with Gasteiger partial charge in [0.1, 0.15) is 0 Å². The van der Waals surface area contributed by atoms with E-state index in [9.17, 15) is 9.90 Å². The van der Waals surface area contributed by atoms with Gasteiger partial charge in [-0.25, -0.2) is 0 Å². The minimum atomic E-state index is -0.291. The van der Waals surface area contributed by atoms with Crippen LogP contribution in [-0.2, 0) is 11.2 Å². The quantitative estimate of drug-likeness (QED) is 0.883. The monoisotopic (exact) mass is 282 g/mol. The molecule has 1 aliphatic rings. The molecule has 2 heterocycles. The number of aryl methyl sites for hydroxylation is 1. The van der Waals surface area contributed by atoms with Crippen molar-refractivity contribution in [2.24, 2.45) is 0 Å².